The number of benzene rings is 1. The second-order valence-corrected chi connectivity index (χ2v) is 3.55. The highest BCUT2D eigenvalue weighted by Gasteiger charge is 1.98. The van der Waals surface area contributed by atoms with Gasteiger partial charge in [0.25, 0.3) is 0 Å². The lowest BCUT2D eigenvalue weighted by Gasteiger charge is -2.01. The van der Waals surface area contributed by atoms with E-state index >= 15 is 0 Å². The minimum atomic E-state index is 0.648. The van der Waals surface area contributed by atoms with Crippen LogP contribution in [0.15, 0.2) is 53.8 Å². The third kappa shape index (κ3) is 3.04. The van der Waals surface area contributed by atoms with Gasteiger partial charge < -0.3 is 10.6 Å². The number of pyridine rings is 1. The molecule has 0 radical (unpaired) electrons. The van der Waals surface area contributed by atoms with Crippen LogP contribution in [0.25, 0.3) is 0 Å². The summed E-state index contributed by atoms with van der Waals surface area (Å²) in [6, 6.07) is 12.7. The third-order valence-corrected chi connectivity index (χ3v) is 2.20. The van der Waals surface area contributed by atoms with Crippen molar-refractivity contribution in [3.8, 4) is 5.75 Å². The van der Waals surface area contributed by atoms with Gasteiger partial charge in [-0.25, -0.2) is 0 Å². The molecule has 0 fully saturated rings. The number of nitrogens with two attached hydrogens (primary N) is 1. The van der Waals surface area contributed by atoms with Gasteiger partial charge in [0.05, 0.1) is 5.69 Å². The van der Waals surface area contributed by atoms with E-state index in [0.717, 1.165) is 11.4 Å². The van der Waals surface area contributed by atoms with E-state index in [-0.39, 0.29) is 0 Å². The van der Waals surface area contributed by atoms with Crippen molar-refractivity contribution in [1.82, 2.24) is 4.98 Å². The lowest BCUT2D eigenvalue weighted by molar-refractivity contribution is 0.341. The zero-order valence-electron chi connectivity index (χ0n) is 9.50. The molecule has 4 nitrogen and oxygen atoms in total. The lowest BCUT2D eigenvalue weighted by Crippen LogP contribution is -2.00. The van der Waals surface area contributed by atoms with E-state index in [1.165, 1.54) is 0 Å². The molecule has 0 spiro atoms. The molecular weight excluding hydrogens is 214 g/mol. The summed E-state index contributed by atoms with van der Waals surface area (Å²) in [5, 5.41) is 4.01. The molecule has 2 N–H and O–H groups in total. The monoisotopic (exact) mass is 227 g/mol. The molecule has 0 saturated heterocycles. The second-order valence-electron chi connectivity index (χ2n) is 3.55. The fraction of sp³-hybridized carbons (Fsp3) is 0.0769. The van der Waals surface area contributed by atoms with Gasteiger partial charge >= 0.3 is 0 Å². The Kier molecular flexibility index (Phi) is 3.35. The number of anilines is 1. The lowest BCUT2D eigenvalue weighted by atomic mass is 10.3. The van der Waals surface area contributed by atoms with Gasteiger partial charge in [0, 0.05) is 11.9 Å². The normalized spacial score (nSPS) is 11.2. The number of hydrogen-bond acceptors (Lipinski definition) is 4. The van der Waals surface area contributed by atoms with Gasteiger partial charge in [-0.1, -0.05) is 11.2 Å². The van der Waals surface area contributed by atoms with E-state index in [1.54, 1.807) is 30.5 Å². The molecule has 0 aliphatic heterocycles. The van der Waals surface area contributed by atoms with Crippen LogP contribution in [-0.2, 0) is 0 Å². The van der Waals surface area contributed by atoms with Crippen molar-refractivity contribution in [2.24, 2.45) is 5.16 Å². The van der Waals surface area contributed by atoms with Gasteiger partial charge in [0.2, 0.25) is 0 Å². The van der Waals surface area contributed by atoms with Crippen molar-refractivity contribution < 1.29 is 4.84 Å². The SMILES string of the molecule is C/C(=N\Oc1ccc(N)cc1)c1ccccn1. The Morgan fingerprint density at radius 1 is 1.18 bits per heavy atom. The molecule has 2 rings (SSSR count). The molecule has 0 bridgehead atoms. The molecule has 0 aliphatic rings. The molecule has 0 saturated carbocycles. The Labute approximate surface area is 99.7 Å². The maximum atomic E-state index is 5.57. The summed E-state index contributed by atoms with van der Waals surface area (Å²) in [6.07, 6.45) is 1.72. The van der Waals surface area contributed by atoms with Crippen molar-refractivity contribution in [2.45, 2.75) is 6.92 Å². The zero-order chi connectivity index (χ0) is 12.1. The number of nitrogen functional groups attached to an aromatic ring is 1. The van der Waals surface area contributed by atoms with E-state index in [4.69, 9.17) is 10.6 Å². The number of nitrogens with zero attached hydrogens (tertiary/aromatic N) is 2. The summed E-state index contributed by atoms with van der Waals surface area (Å²) in [5.41, 5.74) is 7.79. The largest absolute Gasteiger partial charge is 0.399 e. The van der Waals surface area contributed by atoms with Crippen molar-refractivity contribution in [3.05, 3.63) is 54.4 Å². The molecule has 1 aromatic carbocycles. The van der Waals surface area contributed by atoms with Crippen LogP contribution in [0.3, 0.4) is 0 Å². The zero-order valence-corrected chi connectivity index (χ0v) is 9.50. The van der Waals surface area contributed by atoms with E-state index < -0.39 is 0 Å². The number of oxime groups is 1. The van der Waals surface area contributed by atoms with Gasteiger partial charge in [0.15, 0.2) is 5.75 Å². The maximum absolute atomic E-state index is 5.57. The highest BCUT2D eigenvalue weighted by Crippen LogP contribution is 2.13. The Hall–Kier alpha value is -2.36. The minimum absolute atomic E-state index is 0.648. The third-order valence-electron chi connectivity index (χ3n) is 2.20. The summed E-state index contributed by atoms with van der Waals surface area (Å²) in [5.74, 6) is 0.648. The van der Waals surface area contributed by atoms with Crippen LogP contribution in [-0.4, -0.2) is 10.7 Å². The van der Waals surface area contributed by atoms with E-state index in [9.17, 15) is 0 Å². The van der Waals surface area contributed by atoms with Gasteiger partial charge in [0.1, 0.15) is 5.71 Å². The summed E-state index contributed by atoms with van der Waals surface area (Å²) in [4.78, 5) is 9.44. The van der Waals surface area contributed by atoms with Gasteiger partial charge in [-0.2, -0.15) is 0 Å². The molecule has 4 heteroatoms. The Morgan fingerprint density at radius 3 is 2.59 bits per heavy atom. The first-order valence-electron chi connectivity index (χ1n) is 5.24. The van der Waals surface area contributed by atoms with Crippen LogP contribution in [0.2, 0.25) is 0 Å². The number of aromatic nitrogens is 1. The molecule has 0 amide bonds. The average molecular weight is 227 g/mol. The summed E-state index contributed by atoms with van der Waals surface area (Å²) in [6.45, 7) is 1.85. The van der Waals surface area contributed by atoms with Crippen LogP contribution in [0, 0.1) is 0 Å². The van der Waals surface area contributed by atoms with Crippen LogP contribution in [0.1, 0.15) is 12.6 Å². The predicted molar refractivity (Wildman–Crippen MR) is 67.9 cm³/mol. The average Bonchev–Trinajstić information content (AvgIpc) is 2.39. The van der Waals surface area contributed by atoms with Crippen LogP contribution in [0.4, 0.5) is 5.69 Å². The topological polar surface area (TPSA) is 60.5 Å². The summed E-state index contributed by atoms with van der Waals surface area (Å²) in [7, 11) is 0. The van der Waals surface area contributed by atoms with Crippen molar-refractivity contribution in [3.63, 3.8) is 0 Å². The van der Waals surface area contributed by atoms with E-state index in [0.29, 0.717) is 11.4 Å². The Balaban J connectivity index is 2.08. The molecule has 17 heavy (non-hydrogen) atoms. The highest BCUT2D eigenvalue weighted by atomic mass is 16.6. The summed E-state index contributed by atoms with van der Waals surface area (Å²) >= 11 is 0. The molecule has 0 atom stereocenters. The van der Waals surface area contributed by atoms with Crippen LogP contribution >= 0.6 is 0 Å². The predicted octanol–water partition coefficient (Wildman–Crippen LogP) is 2.47. The van der Waals surface area contributed by atoms with Gasteiger partial charge in [-0.3, -0.25) is 4.98 Å². The Bertz CT molecular complexity index is 506. The van der Waals surface area contributed by atoms with Crippen molar-refractivity contribution in [1.29, 1.82) is 0 Å². The molecular formula is C13H13N3O. The highest BCUT2D eigenvalue weighted by molar-refractivity contribution is 5.96. The second kappa shape index (κ2) is 5.12. The van der Waals surface area contributed by atoms with Gasteiger partial charge in [-0.05, 0) is 43.3 Å². The fourth-order valence-electron chi connectivity index (χ4n) is 1.27. The standard InChI is InChI=1S/C13H13N3O/c1-10(13-4-2-3-9-15-13)16-17-12-7-5-11(14)6-8-12/h2-9H,14H2,1H3/b16-10+. The van der Waals surface area contributed by atoms with Crippen LogP contribution < -0.4 is 10.6 Å². The van der Waals surface area contributed by atoms with E-state index in [2.05, 4.69) is 10.1 Å². The van der Waals surface area contributed by atoms with Crippen molar-refractivity contribution in [2.75, 3.05) is 5.73 Å². The number of rotatable bonds is 3. The molecule has 1 aromatic heterocycles. The minimum Gasteiger partial charge on any atom is -0.399 e. The quantitative estimate of drug-likeness (QED) is 0.497. The first-order chi connectivity index (χ1) is 8.25. The summed E-state index contributed by atoms with van der Waals surface area (Å²) < 4.78 is 0. The van der Waals surface area contributed by atoms with Crippen molar-refractivity contribution >= 4 is 11.4 Å². The van der Waals surface area contributed by atoms with Gasteiger partial charge in [-0.15, -0.1) is 0 Å². The molecule has 0 unspecified atom stereocenters. The maximum Gasteiger partial charge on any atom is 0.158 e. The smallest absolute Gasteiger partial charge is 0.158 e. The molecule has 2 aromatic rings. The first kappa shape index (κ1) is 11.1. The molecule has 86 valence electrons. The number of hydrogen-bond donors (Lipinski definition) is 1. The molecule has 1 heterocycles. The van der Waals surface area contributed by atoms with Crippen LogP contribution in [0.5, 0.6) is 5.75 Å². The fourth-order valence-corrected chi connectivity index (χ4v) is 1.27. The van der Waals surface area contributed by atoms with E-state index in [1.807, 2.05) is 25.1 Å². The Morgan fingerprint density at radius 2 is 1.94 bits per heavy atom. The molecule has 0 aliphatic carbocycles. The first-order valence-corrected chi connectivity index (χ1v) is 5.24.